The predicted octanol–water partition coefficient (Wildman–Crippen LogP) is 4.55. The van der Waals surface area contributed by atoms with E-state index in [4.69, 9.17) is 5.11 Å². The fraction of sp³-hybridized carbons (Fsp3) is 0.400. The minimum absolute atomic E-state index is 0.117. The highest BCUT2D eigenvalue weighted by atomic mass is 16.4. The van der Waals surface area contributed by atoms with Gasteiger partial charge in [0.1, 0.15) is 0 Å². The molecular weight excluding hydrogens is 418 g/mol. The Kier molecular flexibility index (Phi) is 8.69. The van der Waals surface area contributed by atoms with Crippen molar-refractivity contribution >= 4 is 11.9 Å². The normalized spacial score (nSPS) is 11.8. The van der Waals surface area contributed by atoms with E-state index in [9.17, 15) is 9.59 Å². The Morgan fingerprint density at radius 3 is 2.42 bits per heavy atom. The predicted molar refractivity (Wildman–Crippen MR) is 126 cm³/mol. The Morgan fingerprint density at radius 2 is 1.79 bits per heavy atom. The Labute approximate surface area is 194 Å². The van der Waals surface area contributed by atoms with E-state index in [1.54, 1.807) is 6.92 Å². The Balaban J connectivity index is 1.72. The average Bonchev–Trinajstić information content (AvgIpc) is 3.37. The monoisotopic (exact) mass is 449 g/mol. The van der Waals surface area contributed by atoms with Crippen molar-refractivity contribution in [2.45, 2.75) is 52.5 Å². The Bertz CT molecular complexity index is 1030. The first kappa shape index (κ1) is 24.1. The van der Waals surface area contributed by atoms with Crippen molar-refractivity contribution in [2.75, 3.05) is 6.54 Å². The summed E-state index contributed by atoms with van der Waals surface area (Å²) in [4.78, 5) is 25.7. The largest absolute Gasteiger partial charge is 0.481 e. The van der Waals surface area contributed by atoms with Crippen LogP contribution >= 0.6 is 0 Å². The zero-order valence-corrected chi connectivity index (χ0v) is 19.2. The fourth-order valence-electron chi connectivity index (χ4n) is 3.71. The summed E-state index contributed by atoms with van der Waals surface area (Å²) in [6.45, 7) is 4.84. The van der Waals surface area contributed by atoms with Gasteiger partial charge in [0.15, 0.2) is 0 Å². The number of hydrogen-bond acceptors (Lipinski definition) is 5. The summed E-state index contributed by atoms with van der Waals surface area (Å²) in [7, 11) is 0. The van der Waals surface area contributed by atoms with Gasteiger partial charge in [-0.2, -0.15) is 5.21 Å². The number of hydrogen-bond donors (Lipinski definition) is 2. The van der Waals surface area contributed by atoms with E-state index in [-0.39, 0.29) is 5.91 Å². The van der Waals surface area contributed by atoms with Crippen LogP contribution in [0, 0.1) is 5.92 Å². The molecule has 0 fully saturated rings. The first-order valence-corrected chi connectivity index (χ1v) is 11.4. The number of rotatable bonds is 12. The van der Waals surface area contributed by atoms with Gasteiger partial charge in [-0.15, -0.1) is 10.2 Å². The molecule has 0 spiro atoms. The molecule has 0 bridgehead atoms. The van der Waals surface area contributed by atoms with Gasteiger partial charge in [0.05, 0.1) is 5.92 Å². The number of nitrogens with zero attached hydrogens (tertiary/aromatic N) is 4. The van der Waals surface area contributed by atoms with Crippen LogP contribution in [0.25, 0.3) is 22.5 Å². The summed E-state index contributed by atoms with van der Waals surface area (Å²) in [5.74, 6) is -0.545. The van der Waals surface area contributed by atoms with Gasteiger partial charge in [-0.1, -0.05) is 68.8 Å². The van der Waals surface area contributed by atoms with Crippen LogP contribution in [0.5, 0.6) is 0 Å². The SMILES string of the molecule is CCCCC(=O)N(CCCC(C)C(=O)O)Cc1ccc(-c2ccccc2-c2nn[nH]n2)cc1. The van der Waals surface area contributed by atoms with Crippen molar-refractivity contribution in [3.63, 3.8) is 0 Å². The van der Waals surface area contributed by atoms with Crippen molar-refractivity contribution in [3.8, 4) is 22.5 Å². The lowest BCUT2D eigenvalue weighted by Crippen LogP contribution is -2.31. The van der Waals surface area contributed by atoms with Gasteiger partial charge >= 0.3 is 5.97 Å². The summed E-state index contributed by atoms with van der Waals surface area (Å²) in [5.41, 5.74) is 3.96. The van der Waals surface area contributed by atoms with Crippen molar-refractivity contribution < 1.29 is 14.7 Å². The highest BCUT2D eigenvalue weighted by molar-refractivity contribution is 5.80. The molecule has 1 unspecified atom stereocenters. The van der Waals surface area contributed by atoms with Gasteiger partial charge in [0.25, 0.3) is 0 Å². The topological polar surface area (TPSA) is 112 Å². The third-order valence-corrected chi connectivity index (χ3v) is 5.74. The lowest BCUT2D eigenvalue weighted by Gasteiger charge is -2.23. The number of aliphatic carboxylic acids is 1. The summed E-state index contributed by atoms with van der Waals surface area (Å²) < 4.78 is 0. The number of H-pyrrole nitrogens is 1. The van der Waals surface area contributed by atoms with Gasteiger partial charge in [0, 0.05) is 25.1 Å². The van der Waals surface area contributed by atoms with E-state index in [1.807, 2.05) is 53.4 Å². The molecular formula is C25H31N5O3. The Hall–Kier alpha value is -3.55. The van der Waals surface area contributed by atoms with Crippen LogP contribution in [0.3, 0.4) is 0 Å². The average molecular weight is 450 g/mol. The third-order valence-electron chi connectivity index (χ3n) is 5.74. The molecule has 2 aromatic carbocycles. The standard InChI is InChI=1S/C25H31N5O3/c1-3-4-11-23(31)30(16-7-8-18(2)25(32)33)17-19-12-14-20(15-13-19)21-9-5-6-10-22(21)24-26-28-29-27-24/h5-6,9-10,12-15,18H,3-4,7-8,11,16-17H2,1-2H3,(H,32,33)(H,26,27,28,29). The van der Waals surface area contributed by atoms with Crippen molar-refractivity contribution in [1.29, 1.82) is 0 Å². The van der Waals surface area contributed by atoms with Crippen molar-refractivity contribution in [2.24, 2.45) is 5.92 Å². The molecule has 2 N–H and O–H groups in total. The molecule has 3 rings (SSSR count). The molecule has 33 heavy (non-hydrogen) atoms. The van der Waals surface area contributed by atoms with Crippen LogP contribution in [0.2, 0.25) is 0 Å². The van der Waals surface area contributed by atoms with E-state index in [0.717, 1.165) is 35.1 Å². The first-order valence-electron chi connectivity index (χ1n) is 11.4. The summed E-state index contributed by atoms with van der Waals surface area (Å²) in [5, 5.41) is 23.5. The highest BCUT2D eigenvalue weighted by Gasteiger charge is 2.16. The number of nitrogens with one attached hydrogen (secondary N) is 1. The molecule has 0 aliphatic carbocycles. The van der Waals surface area contributed by atoms with E-state index < -0.39 is 11.9 Å². The number of aromatic nitrogens is 4. The van der Waals surface area contributed by atoms with Crippen LogP contribution in [-0.2, 0) is 16.1 Å². The molecule has 3 aromatic rings. The van der Waals surface area contributed by atoms with E-state index in [2.05, 4.69) is 27.5 Å². The number of aromatic amines is 1. The molecule has 8 heteroatoms. The van der Waals surface area contributed by atoms with E-state index in [0.29, 0.717) is 38.2 Å². The molecule has 1 heterocycles. The maximum absolute atomic E-state index is 12.8. The van der Waals surface area contributed by atoms with Crippen molar-refractivity contribution in [3.05, 3.63) is 54.1 Å². The first-order chi connectivity index (χ1) is 16.0. The second-order valence-electron chi connectivity index (χ2n) is 8.28. The molecule has 0 saturated heterocycles. The number of carbonyl (C=O) groups is 2. The summed E-state index contributed by atoms with van der Waals surface area (Å²) >= 11 is 0. The van der Waals surface area contributed by atoms with E-state index in [1.165, 1.54) is 0 Å². The van der Waals surface area contributed by atoms with Crippen LogP contribution in [-0.4, -0.2) is 49.1 Å². The third kappa shape index (κ3) is 6.71. The molecule has 1 aromatic heterocycles. The summed E-state index contributed by atoms with van der Waals surface area (Å²) in [6.07, 6.45) is 3.55. The van der Waals surface area contributed by atoms with Crippen molar-refractivity contribution in [1.82, 2.24) is 25.5 Å². The molecule has 1 atom stereocenters. The van der Waals surface area contributed by atoms with Crippen LogP contribution in [0.15, 0.2) is 48.5 Å². The van der Waals surface area contributed by atoms with Gasteiger partial charge < -0.3 is 10.0 Å². The Morgan fingerprint density at radius 1 is 1.06 bits per heavy atom. The van der Waals surface area contributed by atoms with Crippen LogP contribution in [0.1, 0.15) is 51.5 Å². The molecule has 0 saturated carbocycles. The number of unbranched alkanes of at least 4 members (excludes halogenated alkanes) is 1. The number of carboxylic acid groups (broad SMARTS) is 1. The maximum Gasteiger partial charge on any atom is 0.306 e. The highest BCUT2D eigenvalue weighted by Crippen LogP contribution is 2.30. The maximum atomic E-state index is 12.8. The second kappa shape index (κ2) is 11.9. The molecule has 174 valence electrons. The lowest BCUT2D eigenvalue weighted by atomic mass is 9.98. The van der Waals surface area contributed by atoms with E-state index >= 15 is 0 Å². The van der Waals surface area contributed by atoms with Gasteiger partial charge in [-0.3, -0.25) is 9.59 Å². The lowest BCUT2D eigenvalue weighted by molar-refractivity contribution is -0.141. The van der Waals surface area contributed by atoms with Crippen LogP contribution in [0.4, 0.5) is 0 Å². The van der Waals surface area contributed by atoms with Gasteiger partial charge in [-0.05, 0) is 41.2 Å². The van der Waals surface area contributed by atoms with Crippen LogP contribution < -0.4 is 0 Å². The summed E-state index contributed by atoms with van der Waals surface area (Å²) in [6, 6.07) is 16.0. The number of amides is 1. The van der Waals surface area contributed by atoms with Gasteiger partial charge in [0.2, 0.25) is 11.7 Å². The van der Waals surface area contributed by atoms with Gasteiger partial charge in [-0.25, -0.2) is 0 Å². The second-order valence-corrected chi connectivity index (χ2v) is 8.28. The number of carbonyl (C=O) groups excluding carboxylic acids is 1. The smallest absolute Gasteiger partial charge is 0.306 e. The molecule has 1 amide bonds. The number of benzene rings is 2. The molecule has 8 nitrogen and oxygen atoms in total. The molecule has 0 radical (unpaired) electrons. The molecule has 0 aliphatic rings. The quantitative estimate of drug-likeness (QED) is 0.419. The molecule has 0 aliphatic heterocycles. The minimum atomic E-state index is -0.796. The minimum Gasteiger partial charge on any atom is -0.481 e. The number of tetrazole rings is 1. The fourth-order valence-corrected chi connectivity index (χ4v) is 3.71. The zero-order chi connectivity index (χ0) is 23.6. The number of carboxylic acids is 1. The zero-order valence-electron chi connectivity index (χ0n) is 19.2.